The van der Waals surface area contributed by atoms with E-state index in [-0.39, 0.29) is 11.8 Å². The standard InChI is InChI=1S/C17H21N3O3S2/c1-11-10-25-17(18-11)20-16(22)13(8-9-24-3)19-15(21)12-6-4-5-7-14(12)23-2/h4-7,10,13H,8-9H2,1-3H3,(H,19,21)(H,18,20,22)/t13-/m1/s1. The molecule has 134 valence electrons. The summed E-state index contributed by atoms with van der Waals surface area (Å²) < 4.78 is 5.21. The van der Waals surface area contributed by atoms with Crippen LogP contribution < -0.4 is 15.4 Å². The highest BCUT2D eigenvalue weighted by molar-refractivity contribution is 7.98. The third-order valence-corrected chi connectivity index (χ3v) is 4.95. The van der Waals surface area contributed by atoms with E-state index >= 15 is 0 Å². The van der Waals surface area contributed by atoms with Crippen LogP contribution in [0.15, 0.2) is 29.6 Å². The van der Waals surface area contributed by atoms with Crippen molar-refractivity contribution in [1.29, 1.82) is 0 Å². The van der Waals surface area contributed by atoms with Crippen molar-refractivity contribution in [1.82, 2.24) is 10.3 Å². The first-order valence-electron chi connectivity index (χ1n) is 7.71. The van der Waals surface area contributed by atoms with Crippen LogP contribution in [0.4, 0.5) is 5.13 Å². The van der Waals surface area contributed by atoms with Gasteiger partial charge in [0.25, 0.3) is 5.91 Å². The zero-order chi connectivity index (χ0) is 18.2. The van der Waals surface area contributed by atoms with Gasteiger partial charge in [0.2, 0.25) is 5.91 Å². The lowest BCUT2D eigenvalue weighted by atomic mass is 10.1. The average molecular weight is 380 g/mol. The van der Waals surface area contributed by atoms with E-state index in [9.17, 15) is 9.59 Å². The summed E-state index contributed by atoms with van der Waals surface area (Å²) in [5.41, 5.74) is 1.25. The molecule has 0 saturated carbocycles. The summed E-state index contributed by atoms with van der Waals surface area (Å²) in [7, 11) is 1.51. The summed E-state index contributed by atoms with van der Waals surface area (Å²) in [6.45, 7) is 1.86. The number of benzene rings is 1. The molecule has 0 unspecified atom stereocenters. The molecular weight excluding hydrogens is 358 g/mol. The quantitative estimate of drug-likeness (QED) is 0.737. The zero-order valence-corrected chi connectivity index (χ0v) is 16.0. The van der Waals surface area contributed by atoms with Crippen LogP contribution in [0.25, 0.3) is 0 Å². The highest BCUT2D eigenvalue weighted by atomic mass is 32.2. The van der Waals surface area contributed by atoms with Crippen LogP contribution in [-0.2, 0) is 4.79 Å². The van der Waals surface area contributed by atoms with Gasteiger partial charge in [0.05, 0.1) is 18.4 Å². The minimum absolute atomic E-state index is 0.272. The first-order valence-corrected chi connectivity index (χ1v) is 9.98. The molecule has 0 spiro atoms. The van der Waals surface area contributed by atoms with Crippen molar-refractivity contribution in [2.75, 3.05) is 24.4 Å². The molecule has 2 amide bonds. The molecule has 0 saturated heterocycles. The minimum atomic E-state index is -0.644. The molecule has 6 nitrogen and oxygen atoms in total. The molecule has 0 radical (unpaired) electrons. The number of methoxy groups -OCH3 is 1. The molecule has 1 aromatic carbocycles. The smallest absolute Gasteiger partial charge is 0.255 e. The van der Waals surface area contributed by atoms with Gasteiger partial charge in [-0.25, -0.2) is 4.98 Å². The summed E-state index contributed by atoms with van der Waals surface area (Å²) in [6.07, 6.45) is 2.49. The van der Waals surface area contributed by atoms with Crippen molar-refractivity contribution in [3.05, 3.63) is 40.9 Å². The predicted octanol–water partition coefficient (Wildman–Crippen LogP) is 2.95. The van der Waals surface area contributed by atoms with Crippen LogP contribution in [0, 0.1) is 6.92 Å². The Balaban J connectivity index is 2.10. The maximum atomic E-state index is 12.6. The topological polar surface area (TPSA) is 80.3 Å². The molecule has 1 atom stereocenters. The number of thiazole rings is 1. The molecular formula is C17H21N3O3S2. The number of aryl methyl sites for hydroxylation is 1. The monoisotopic (exact) mass is 379 g/mol. The normalized spacial score (nSPS) is 11.6. The van der Waals surface area contributed by atoms with E-state index in [1.54, 1.807) is 36.0 Å². The van der Waals surface area contributed by atoms with Crippen molar-refractivity contribution < 1.29 is 14.3 Å². The Kier molecular flexibility index (Phi) is 7.27. The van der Waals surface area contributed by atoms with Gasteiger partial charge in [-0.05, 0) is 37.5 Å². The number of hydrogen-bond acceptors (Lipinski definition) is 6. The second kappa shape index (κ2) is 9.43. The van der Waals surface area contributed by atoms with Gasteiger partial charge in [-0.1, -0.05) is 12.1 Å². The summed E-state index contributed by atoms with van der Waals surface area (Å²) >= 11 is 2.98. The minimum Gasteiger partial charge on any atom is -0.496 e. The lowest BCUT2D eigenvalue weighted by Gasteiger charge is -2.18. The summed E-state index contributed by atoms with van der Waals surface area (Å²) in [5, 5.41) is 7.96. The predicted molar refractivity (Wildman–Crippen MR) is 103 cm³/mol. The van der Waals surface area contributed by atoms with Crippen molar-refractivity contribution in [2.45, 2.75) is 19.4 Å². The molecule has 0 aliphatic carbocycles. The van der Waals surface area contributed by atoms with Crippen LogP contribution in [0.3, 0.4) is 0 Å². The van der Waals surface area contributed by atoms with Gasteiger partial charge in [-0.2, -0.15) is 11.8 Å². The Labute approximate surface area is 155 Å². The number of nitrogens with one attached hydrogen (secondary N) is 2. The molecule has 2 rings (SSSR count). The van der Waals surface area contributed by atoms with Gasteiger partial charge in [0.1, 0.15) is 11.8 Å². The fourth-order valence-corrected chi connectivity index (χ4v) is 3.34. The van der Waals surface area contributed by atoms with Crippen molar-refractivity contribution >= 4 is 40.0 Å². The maximum absolute atomic E-state index is 12.6. The summed E-state index contributed by atoms with van der Waals surface area (Å²) in [5.74, 6) is 0.613. The average Bonchev–Trinajstić information content (AvgIpc) is 3.02. The first kappa shape index (κ1) is 19.3. The van der Waals surface area contributed by atoms with Crippen LogP contribution in [0.5, 0.6) is 5.75 Å². The van der Waals surface area contributed by atoms with E-state index in [1.165, 1.54) is 18.4 Å². The number of ether oxygens (including phenoxy) is 1. The molecule has 0 fully saturated rings. The molecule has 25 heavy (non-hydrogen) atoms. The van der Waals surface area contributed by atoms with E-state index in [2.05, 4.69) is 15.6 Å². The molecule has 0 aliphatic rings. The van der Waals surface area contributed by atoms with Gasteiger partial charge in [-0.15, -0.1) is 11.3 Å². The molecule has 0 bridgehead atoms. The molecule has 1 heterocycles. The number of anilines is 1. The summed E-state index contributed by atoms with van der Waals surface area (Å²) in [6, 6.07) is 6.28. The number of nitrogens with zero attached hydrogens (tertiary/aromatic N) is 1. The van der Waals surface area contributed by atoms with E-state index in [1.807, 2.05) is 18.6 Å². The Morgan fingerprint density at radius 1 is 1.36 bits per heavy atom. The van der Waals surface area contributed by atoms with E-state index < -0.39 is 6.04 Å². The van der Waals surface area contributed by atoms with E-state index in [0.29, 0.717) is 22.9 Å². The highest BCUT2D eigenvalue weighted by Crippen LogP contribution is 2.18. The number of amides is 2. The lowest BCUT2D eigenvalue weighted by Crippen LogP contribution is -2.44. The largest absolute Gasteiger partial charge is 0.496 e. The van der Waals surface area contributed by atoms with Crippen LogP contribution in [-0.4, -0.2) is 42.0 Å². The fraction of sp³-hybridized carbons (Fsp3) is 0.353. The van der Waals surface area contributed by atoms with Gasteiger partial charge >= 0.3 is 0 Å². The number of hydrogen-bond donors (Lipinski definition) is 2. The van der Waals surface area contributed by atoms with Crippen molar-refractivity contribution in [3.63, 3.8) is 0 Å². The second-order valence-corrected chi connectivity index (χ2v) is 7.13. The molecule has 0 aliphatic heterocycles. The van der Waals surface area contributed by atoms with Crippen LogP contribution in [0.1, 0.15) is 22.5 Å². The van der Waals surface area contributed by atoms with Crippen molar-refractivity contribution in [3.8, 4) is 5.75 Å². The molecule has 2 N–H and O–H groups in total. The maximum Gasteiger partial charge on any atom is 0.255 e. The molecule has 1 aromatic heterocycles. The third-order valence-electron chi connectivity index (χ3n) is 3.43. The third kappa shape index (κ3) is 5.47. The highest BCUT2D eigenvalue weighted by Gasteiger charge is 2.23. The SMILES string of the molecule is COc1ccccc1C(=O)N[C@H](CCSC)C(=O)Nc1nc(C)cs1. The number of carbonyl (C=O) groups excluding carboxylic acids is 2. The lowest BCUT2D eigenvalue weighted by molar-refractivity contribution is -0.118. The number of thioether (sulfide) groups is 1. The molecule has 8 heteroatoms. The van der Waals surface area contributed by atoms with Gasteiger partial charge in [0, 0.05) is 5.38 Å². The number of rotatable bonds is 8. The molecule has 2 aromatic rings. The number of carbonyl (C=O) groups is 2. The van der Waals surface area contributed by atoms with Crippen molar-refractivity contribution in [2.24, 2.45) is 0 Å². The second-order valence-electron chi connectivity index (χ2n) is 5.29. The number of para-hydroxylation sites is 1. The zero-order valence-electron chi connectivity index (χ0n) is 14.4. The van der Waals surface area contributed by atoms with E-state index in [4.69, 9.17) is 4.74 Å². The Hall–Kier alpha value is -2.06. The van der Waals surface area contributed by atoms with Crippen LogP contribution in [0.2, 0.25) is 0 Å². The Morgan fingerprint density at radius 2 is 2.12 bits per heavy atom. The van der Waals surface area contributed by atoms with Gasteiger partial charge < -0.3 is 15.4 Å². The Bertz CT molecular complexity index is 733. The van der Waals surface area contributed by atoms with Gasteiger partial charge in [0.15, 0.2) is 5.13 Å². The number of aromatic nitrogens is 1. The van der Waals surface area contributed by atoms with Gasteiger partial charge in [-0.3, -0.25) is 9.59 Å². The first-order chi connectivity index (χ1) is 12.0. The fourth-order valence-electron chi connectivity index (χ4n) is 2.18. The van der Waals surface area contributed by atoms with Crippen LogP contribution >= 0.6 is 23.1 Å². The Morgan fingerprint density at radius 3 is 2.76 bits per heavy atom. The summed E-state index contributed by atoms with van der Waals surface area (Å²) in [4.78, 5) is 29.3. The van der Waals surface area contributed by atoms with E-state index in [0.717, 1.165) is 11.4 Å².